The third-order valence-electron chi connectivity index (χ3n) is 5.78. The number of nitrogens with zero attached hydrogens (tertiary/aromatic N) is 3. The third-order valence-corrected chi connectivity index (χ3v) is 5.78. The minimum absolute atomic E-state index is 0.145. The van der Waals surface area contributed by atoms with Crippen LogP contribution < -0.4 is 0 Å². The van der Waals surface area contributed by atoms with Crippen molar-refractivity contribution in [2.24, 2.45) is 0 Å². The van der Waals surface area contributed by atoms with Crippen molar-refractivity contribution in [1.82, 2.24) is 19.4 Å². The first kappa shape index (κ1) is 16.8. The molecule has 140 valence electrons. The fourth-order valence-electron chi connectivity index (χ4n) is 4.23. The predicted molar refractivity (Wildman–Crippen MR) is 111 cm³/mol. The lowest BCUT2D eigenvalue weighted by Crippen LogP contribution is -2.24. The van der Waals surface area contributed by atoms with Crippen LogP contribution in [0.1, 0.15) is 18.0 Å². The number of aryl methyl sites for hydroxylation is 1. The van der Waals surface area contributed by atoms with Gasteiger partial charge in [0.25, 0.3) is 0 Å². The van der Waals surface area contributed by atoms with Crippen molar-refractivity contribution >= 4 is 16.8 Å². The minimum atomic E-state index is -0.212. The van der Waals surface area contributed by atoms with Gasteiger partial charge >= 0.3 is 0 Å². The number of rotatable bonds is 3. The lowest BCUT2D eigenvalue weighted by molar-refractivity contribution is -0.129. The van der Waals surface area contributed by atoms with Crippen molar-refractivity contribution in [3.8, 4) is 22.6 Å². The average molecular weight is 370 g/mol. The normalized spacial score (nSPS) is 17.0. The number of H-pyrrole nitrogens is 1. The topological polar surface area (TPSA) is 53.9 Å². The van der Waals surface area contributed by atoms with E-state index in [1.165, 1.54) is 10.9 Å². The highest BCUT2D eigenvalue weighted by atomic mass is 16.2. The first-order valence-corrected chi connectivity index (χ1v) is 9.60. The molecule has 1 aliphatic heterocycles. The molecule has 4 aromatic rings. The number of para-hydroxylation sites is 1. The molecule has 0 radical (unpaired) electrons. The van der Waals surface area contributed by atoms with E-state index in [0.29, 0.717) is 0 Å². The Morgan fingerprint density at radius 2 is 1.82 bits per heavy atom. The van der Waals surface area contributed by atoms with E-state index < -0.39 is 0 Å². The van der Waals surface area contributed by atoms with Gasteiger partial charge in [0.2, 0.25) is 5.91 Å². The van der Waals surface area contributed by atoms with E-state index in [1.807, 2.05) is 37.6 Å². The summed E-state index contributed by atoms with van der Waals surface area (Å²) in [6, 6.07) is 18.3. The van der Waals surface area contributed by atoms with Crippen molar-refractivity contribution in [3.05, 3.63) is 66.5 Å². The maximum Gasteiger partial charge on any atom is 0.245 e. The highest BCUT2D eigenvalue weighted by molar-refractivity contribution is 5.93. The molecule has 2 aromatic carbocycles. The molecule has 5 nitrogen and oxygen atoms in total. The first-order valence-electron chi connectivity index (χ1n) is 9.60. The van der Waals surface area contributed by atoms with E-state index in [-0.39, 0.29) is 11.9 Å². The van der Waals surface area contributed by atoms with Crippen molar-refractivity contribution < 1.29 is 4.79 Å². The molecule has 2 aromatic heterocycles. The van der Waals surface area contributed by atoms with Gasteiger partial charge in [-0.05, 0) is 25.0 Å². The standard InChI is InChI=1S/C23H22N4O/c1-15-17-10-6-7-11-18(17)25-20(15)22-21(16-8-4-3-5-9-16)24-14-27(22)19-12-13-26(2)23(19)28/h3-11,14,19,25H,12-13H2,1-2H3/t19-/m1/s1. The maximum atomic E-state index is 12.8. The number of carbonyl (C=O) groups excluding carboxylic acids is 1. The zero-order valence-corrected chi connectivity index (χ0v) is 16.0. The molecule has 0 bridgehead atoms. The van der Waals surface area contributed by atoms with Crippen LogP contribution >= 0.6 is 0 Å². The Morgan fingerprint density at radius 1 is 1.07 bits per heavy atom. The van der Waals surface area contributed by atoms with Crippen LogP contribution in [-0.2, 0) is 4.79 Å². The Morgan fingerprint density at radius 3 is 2.54 bits per heavy atom. The number of nitrogens with one attached hydrogen (secondary N) is 1. The van der Waals surface area contributed by atoms with E-state index in [9.17, 15) is 4.79 Å². The van der Waals surface area contributed by atoms with Gasteiger partial charge in [0.1, 0.15) is 6.04 Å². The SMILES string of the molecule is Cc1c(-c2c(-c3ccccc3)ncn2[C@@H]2CCN(C)C2=O)[nH]c2ccccc12. The van der Waals surface area contributed by atoms with Crippen LogP contribution in [-0.4, -0.2) is 38.9 Å². The van der Waals surface area contributed by atoms with Gasteiger partial charge in [-0.15, -0.1) is 0 Å². The number of aromatic amines is 1. The molecule has 5 heteroatoms. The summed E-state index contributed by atoms with van der Waals surface area (Å²) in [4.78, 5) is 22.9. The number of fused-ring (bicyclic) bond motifs is 1. The number of likely N-dealkylation sites (N-methyl/N-ethyl adjacent to an activating group) is 1. The van der Waals surface area contributed by atoms with E-state index in [0.717, 1.165) is 41.1 Å². The summed E-state index contributed by atoms with van der Waals surface area (Å²) in [6.45, 7) is 2.90. The number of amides is 1. The summed E-state index contributed by atoms with van der Waals surface area (Å²) >= 11 is 0. The lowest BCUT2D eigenvalue weighted by atomic mass is 10.0. The summed E-state index contributed by atoms with van der Waals surface area (Å²) in [5.74, 6) is 0.145. The molecule has 1 atom stereocenters. The second-order valence-corrected chi connectivity index (χ2v) is 7.45. The zero-order valence-electron chi connectivity index (χ0n) is 16.0. The fraction of sp³-hybridized carbons (Fsp3) is 0.217. The van der Waals surface area contributed by atoms with E-state index in [2.05, 4.69) is 46.8 Å². The fourth-order valence-corrected chi connectivity index (χ4v) is 4.23. The van der Waals surface area contributed by atoms with E-state index in [1.54, 1.807) is 4.90 Å². The Labute approximate surface area is 163 Å². The van der Waals surface area contributed by atoms with Gasteiger partial charge < -0.3 is 14.5 Å². The Hall–Kier alpha value is -3.34. The van der Waals surface area contributed by atoms with Crippen LogP contribution in [0.4, 0.5) is 0 Å². The Kier molecular flexibility index (Phi) is 3.83. The van der Waals surface area contributed by atoms with Gasteiger partial charge in [0.05, 0.1) is 23.4 Å². The summed E-state index contributed by atoms with van der Waals surface area (Å²) in [7, 11) is 1.87. The molecule has 5 rings (SSSR count). The number of hydrogen-bond donors (Lipinski definition) is 1. The summed E-state index contributed by atoms with van der Waals surface area (Å²) in [5, 5.41) is 1.19. The Balaban J connectivity index is 1.77. The first-order chi connectivity index (χ1) is 13.6. The second kappa shape index (κ2) is 6.37. The quantitative estimate of drug-likeness (QED) is 0.581. The highest BCUT2D eigenvalue weighted by Gasteiger charge is 2.33. The molecular weight excluding hydrogens is 348 g/mol. The molecule has 0 saturated carbocycles. The number of likely N-dealkylation sites (tertiary alicyclic amines) is 1. The molecule has 1 saturated heterocycles. The molecule has 3 heterocycles. The number of benzene rings is 2. The lowest BCUT2D eigenvalue weighted by Gasteiger charge is -2.16. The molecular formula is C23H22N4O. The molecule has 0 unspecified atom stereocenters. The van der Waals surface area contributed by atoms with Crippen LogP contribution in [0.25, 0.3) is 33.5 Å². The van der Waals surface area contributed by atoms with Crippen molar-refractivity contribution in [2.75, 3.05) is 13.6 Å². The van der Waals surface area contributed by atoms with Gasteiger partial charge in [-0.25, -0.2) is 4.98 Å². The molecule has 0 aliphatic carbocycles. The minimum Gasteiger partial charge on any atom is -0.353 e. The van der Waals surface area contributed by atoms with Crippen LogP contribution in [0.15, 0.2) is 60.9 Å². The maximum absolute atomic E-state index is 12.8. The van der Waals surface area contributed by atoms with E-state index in [4.69, 9.17) is 4.98 Å². The number of imidazole rings is 1. The number of aromatic nitrogens is 3. The Bertz CT molecular complexity index is 1170. The van der Waals surface area contributed by atoms with Crippen LogP contribution in [0, 0.1) is 6.92 Å². The monoisotopic (exact) mass is 370 g/mol. The molecule has 1 amide bonds. The van der Waals surface area contributed by atoms with Crippen LogP contribution in [0.5, 0.6) is 0 Å². The summed E-state index contributed by atoms with van der Waals surface area (Å²) in [6.07, 6.45) is 2.62. The molecule has 28 heavy (non-hydrogen) atoms. The summed E-state index contributed by atoms with van der Waals surface area (Å²) in [5.41, 5.74) is 6.23. The van der Waals surface area contributed by atoms with Gasteiger partial charge in [-0.1, -0.05) is 48.5 Å². The van der Waals surface area contributed by atoms with Crippen molar-refractivity contribution in [2.45, 2.75) is 19.4 Å². The smallest absolute Gasteiger partial charge is 0.245 e. The molecule has 0 spiro atoms. The molecule has 1 aliphatic rings. The van der Waals surface area contributed by atoms with E-state index >= 15 is 0 Å². The average Bonchev–Trinajstić information content (AvgIpc) is 3.39. The van der Waals surface area contributed by atoms with Crippen molar-refractivity contribution in [3.63, 3.8) is 0 Å². The zero-order chi connectivity index (χ0) is 19.3. The highest BCUT2D eigenvalue weighted by Crippen LogP contribution is 2.38. The number of carbonyl (C=O) groups is 1. The van der Waals surface area contributed by atoms with Crippen LogP contribution in [0.3, 0.4) is 0 Å². The van der Waals surface area contributed by atoms with Crippen molar-refractivity contribution in [1.29, 1.82) is 0 Å². The van der Waals surface area contributed by atoms with Gasteiger partial charge in [-0.2, -0.15) is 0 Å². The molecule has 1 fully saturated rings. The second-order valence-electron chi connectivity index (χ2n) is 7.45. The summed E-state index contributed by atoms with van der Waals surface area (Å²) < 4.78 is 2.06. The van der Waals surface area contributed by atoms with Gasteiger partial charge in [-0.3, -0.25) is 4.79 Å². The number of hydrogen-bond acceptors (Lipinski definition) is 2. The predicted octanol–water partition coefficient (Wildman–Crippen LogP) is 4.41. The third kappa shape index (κ3) is 2.47. The van der Waals surface area contributed by atoms with Gasteiger partial charge in [0, 0.05) is 30.1 Å². The van der Waals surface area contributed by atoms with Crippen LogP contribution in [0.2, 0.25) is 0 Å². The van der Waals surface area contributed by atoms with Gasteiger partial charge in [0.15, 0.2) is 0 Å². The largest absolute Gasteiger partial charge is 0.353 e. The molecule has 1 N–H and O–H groups in total.